The van der Waals surface area contributed by atoms with Crippen molar-refractivity contribution in [1.29, 1.82) is 0 Å². The summed E-state index contributed by atoms with van der Waals surface area (Å²) in [6.07, 6.45) is -3.23. The Morgan fingerprint density at radius 3 is 2.85 bits per heavy atom. The van der Waals surface area contributed by atoms with Gasteiger partial charge in [0, 0.05) is 6.42 Å². The Balaban J connectivity index is 1.44. The lowest BCUT2D eigenvalue weighted by Gasteiger charge is -2.14. The maximum absolute atomic E-state index is 14.5. The van der Waals surface area contributed by atoms with Gasteiger partial charge in [-0.05, 0) is 17.7 Å². The van der Waals surface area contributed by atoms with Crippen LogP contribution in [0, 0.1) is 6.08 Å². The van der Waals surface area contributed by atoms with E-state index in [1.54, 1.807) is 12.1 Å². The van der Waals surface area contributed by atoms with Crippen LogP contribution < -0.4 is 5.73 Å². The summed E-state index contributed by atoms with van der Waals surface area (Å²) in [5.74, 6) is -0.0000930. The lowest BCUT2D eigenvalue weighted by Crippen LogP contribution is -2.16. The second kappa shape index (κ2) is 6.97. The van der Waals surface area contributed by atoms with Gasteiger partial charge >= 0.3 is 6.08 Å². The maximum atomic E-state index is 14.5. The SMILES string of the molecule is Nc1nc(F)nn2c(C3O[C@H](COCc4ccccc4)C[C@H]3F)ccc12. The van der Waals surface area contributed by atoms with Crippen LogP contribution in [-0.2, 0) is 16.1 Å². The number of alkyl halides is 1. The summed E-state index contributed by atoms with van der Waals surface area (Å²) in [5, 5.41) is 3.68. The molecule has 1 unspecified atom stereocenters. The summed E-state index contributed by atoms with van der Waals surface area (Å²) in [5.41, 5.74) is 7.55. The van der Waals surface area contributed by atoms with Gasteiger partial charge in [-0.3, -0.25) is 0 Å². The lowest BCUT2D eigenvalue weighted by molar-refractivity contribution is -0.0280. The quantitative estimate of drug-likeness (QED) is 0.757. The number of hydrogen-bond donors (Lipinski definition) is 1. The molecule has 2 aromatic heterocycles. The van der Waals surface area contributed by atoms with Gasteiger partial charge in [-0.15, -0.1) is 5.10 Å². The third-order valence-electron chi connectivity index (χ3n) is 4.40. The van der Waals surface area contributed by atoms with Gasteiger partial charge in [-0.25, -0.2) is 8.91 Å². The Labute approximate surface area is 148 Å². The van der Waals surface area contributed by atoms with E-state index in [0.29, 0.717) is 17.8 Å². The predicted octanol–water partition coefficient (Wildman–Crippen LogP) is 2.84. The topological polar surface area (TPSA) is 74.7 Å². The number of nitrogens with two attached hydrogens (primary N) is 1. The number of benzene rings is 1. The molecule has 1 aliphatic heterocycles. The zero-order valence-electron chi connectivity index (χ0n) is 13.9. The molecule has 4 rings (SSSR count). The van der Waals surface area contributed by atoms with Crippen LogP contribution in [0.3, 0.4) is 0 Å². The Morgan fingerprint density at radius 1 is 1.23 bits per heavy atom. The fourth-order valence-corrected chi connectivity index (χ4v) is 3.19. The molecule has 1 saturated heterocycles. The van der Waals surface area contributed by atoms with Gasteiger partial charge in [0.1, 0.15) is 17.8 Å². The molecule has 0 saturated carbocycles. The summed E-state index contributed by atoms with van der Waals surface area (Å²) in [4.78, 5) is 3.47. The predicted molar refractivity (Wildman–Crippen MR) is 90.6 cm³/mol. The molecular weight excluding hydrogens is 342 g/mol. The van der Waals surface area contributed by atoms with E-state index in [4.69, 9.17) is 15.2 Å². The Bertz CT molecular complexity index is 903. The molecule has 26 heavy (non-hydrogen) atoms. The van der Waals surface area contributed by atoms with E-state index in [2.05, 4.69) is 10.1 Å². The molecule has 136 valence electrons. The summed E-state index contributed by atoms with van der Waals surface area (Å²) >= 11 is 0. The van der Waals surface area contributed by atoms with Crippen LogP contribution in [0.5, 0.6) is 0 Å². The molecule has 0 spiro atoms. The van der Waals surface area contributed by atoms with E-state index in [9.17, 15) is 8.78 Å². The molecule has 2 N–H and O–H groups in total. The second-order valence-electron chi connectivity index (χ2n) is 6.25. The highest BCUT2D eigenvalue weighted by Crippen LogP contribution is 2.36. The third kappa shape index (κ3) is 3.25. The van der Waals surface area contributed by atoms with Crippen molar-refractivity contribution in [2.24, 2.45) is 0 Å². The first-order valence-corrected chi connectivity index (χ1v) is 8.33. The highest BCUT2D eigenvalue weighted by molar-refractivity contribution is 5.65. The minimum Gasteiger partial charge on any atom is -0.382 e. The van der Waals surface area contributed by atoms with Crippen LogP contribution in [0.1, 0.15) is 23.8 Å². The lowest BCUT2D eigenvalue weighted by atomic mass is 10.1. The third-order valence-corrected chi connectivity index (χ3v) is 4.40. The highest BCUT2D eigenvalue weighted by atomic mass is 19.1. The normalized spacial score (nSPS) is 22.9. The molecule has 0 radical (unpaired) electrons. The van der Waals surface area contributed by atoms with Crippen LogP contribution in [0.2, 0.25) is 0 Å². The van der Waals surface area contributed by atoms with Crippen LogP contribution in [0.15, 0.2) is 42.5 Å². The minimum atomic E-state index is -1.24. The van der Waals surface area contributed by atoms with Crippen molar-refractivity contribution in [3.63, 3.8) is 0 Å². The first-order chi connectivity index (χ1) is 12.6. The fraction of sp³-hybridized carbons (Fsp3) is 0.333. The van der Waals surface area contributed by atoms with E-state index in [1.165, 1.54) is 4.52 Å². The van der Waals surface area contributed by atoms with E-state index < -0.39 is 18.4 Å². The van der Waals surface area contributed by atoms with Crippen LogP contribution >= 0.6 is 0 Å². The average Bonchev–Trinajstić information content (AvgIpc) is 3.19. The van der Waals surface area contributed by atoms with E-state index >= 15 is 0 Å². The van der Waals surface area contributed by atoms with Gasteiger partial charge in [-0.1, -0.05) is 30.3 Å². The molecular formula is C18H18F2N4O2. The number of hydrogen-bond acceptors (Lipinski definition) is 5. The number of nitrogens with zero attached hydrogens (tertiary/aromatic N) is 3. The number of fused-ring (bicyclic) bond motifs is 1. The number of halogens is 2. The Morgan fingerprint density at radius 2 is 2.04 bits per heavy atom. The average molecular weight is 360 g/mol. The van der Waals surface area contributed by atoms with Gasteiger partial charge in [0.2, 0.25) is 0 Å². The minimum absolute atomic E-state index is 0.0000930. The smallest absolute Gasteiger partial charge is 0.327 e. The van der Waals surface area contributed by atoms with E-state index in [1.807, 2.05) is 30.3 Å². The summed E-state index contributed by atoms with van der Waals surface area (Å²) in [7, 11) is 0. The van der Waals surface area contributed by atoms with Crippen molar-refractivity contribution in [3.8, 4) is 0 Å². The van der Waals surface area contributed by atoms with Crippen molar-refractivity contribution in [2.75, 3.05) is 12.3 Å². The second-order valence-corrected chi connectivity index (χ2v) is 6.25. The standard InChI is InChI=1S/C18H18F2N4O2/c19-13-8-12(10-25-9-11-4-2-1-3-5-11)26-16(13)14-6-7-15-17(21)22-18(20)23-24(14)15/h1-7,12-13,16H,8-10H2,(H2,21,22,23)/t12-,13+,16?/m0/s1. The number of anilines is 1. The molecule has 1 fully saturated rings. The first-order valence-electron chi connectivity index (χ1n) is 8.33. The number of aromatic nitrogens is 3. The highest BCUT2D eigenvalue weighted by Gasteiger charge is 2.38. The molecule has 8 heteroatoms. The van der Waals surface area contributed by atoms with Crippen LogP contribution in [0.4, 0.5) is 14.6 Å². The van der Waals surface area contributed by atoms with E-state index in [0.717, 1.165) is 5.56 Å². The largest absolute Gasteiger partial charge is 0.382 e. The van der Waals surface area contributed by atoms with Crippen LogP contribution in [-0.4, -0.2) is 33.5 Å². The molecule has 0 aliphatic carbocycles. The van der Waals surface area contributed by atoms with Crippen molar-refractivity contribution < 1.29 is 18.3 Å². The molecule has 0 bridgehead atoms. The fourth-order valence-electron chi connectivity index (χ4n) is 3.19. The Hall–Kier alpha value is -2.58. The summed E-state index contributed by atoms with van der Waals surface area (Å²) in [6.45, 7) is 0.714. The summed E-state index contributed by atoms with van der Waals surface area (Å²) in [6, 6.07) is 13.0. The molecule has 0 amide bonds. The first kappa shape index (κ1) is 16.9. The molecule has 6 nitrogen and oxygen atoms in total. The zero-order chi connectivity index (χ0) is 18.1. The maximum Gasteiger partial charge on any atom is 0.327 e. The molecule has 3 aromatic rings. The molecule has 1 aliphatic rings. The van der Waals surface area contributed by atoms with Gasteiger partial charge in [0.15, 0.2) is 5.82 Å². The van der Waals surface area contributed by atoms with Gasteiger partial charge < -0.3 is 15.2 Å². The number of ether oxygens (including phenoxy) is 2. The monoisotopic (exact) mass is 360 g/mol. The Kier molecular flexibility index (Phi) is 4.52. The van der Waals surface area contributed by atoms with Crippen molar-refractivity contribution in [1.82, 2.24) is 14.6 Å². The van der Waals surface area contributed by atoms with Crippen molar-refractivity contribution in [2.45, 2.75) is 31.4 Å². The molecule has 1 aromatic carbocycles. The number of rotatable bonds is 5. The van der Waals surface area contributed by atoms with Crippen molar-refractivity contribution in [3.05, 3.63) is 59.8 Å². The van der Waals surface area contributed by atoms with Crippen LogP contribution in [0.25, 0.3) is 5.52 Å². The van der Waals surface area contributed by atoms with E-state index in [-0.39, 0.29) is 24.9 Å². The van der Waals surface area contributed by atoms with Crippen molar-refractivity contribution >= 4 is 11.3 Å². The van der Waals surface area contributed by atoms with Gasteiger partial charge in [0.25, 0.3) is 0 Å². The zero-order valence-corrected chi connectivity index (χ0v) is 13.9. The number of nitrogen functional groups attached to an aromatic ring is 1. The van der Waals surface area contributed by atoms with Gasteiger partial charge in [0.05, 0.1) is 25.0 Å². The molecule has 3 atom stereocenters. The molecule has 3 heterocycles. The van der Waals surface area contributed by atoms with Gasteiger partial charge in [-0.2, -0.15) is 9.37 Å². The summed E-state index contributed by atoms with van der Waals surface area (Å²) < 4.78 is 40.7.